The number of nitriles is 1. The molecule has 0 saturated carbocycles. The third-order valence-corrected chi connectivity index (χ3v) is 3.10. The van der Waals surface area contributed by atoms with Crippen molar-refractivity contribution in [3.05, 3.63) is 62.0 Å². The Morgan fingerprint density at radius 3 is 2.58 bits per heavy atom. The highest BCUT2D eigenvalue weighted by Gasteiger charge is 2.04. The fraction of sp³-hybridized carbons (Fsp3) is 0. The molecular formula is C13H7Cl2N3O. The predicted molar refractivity (Wildman–Crippen MR) is 74.9 cm³/mol. The molecule has 0 aliphatic carbocycles. The zero-order valence-corrected chi connectivity index (χ0v) is 11.1. The minimum atomic E-state index is -0.487. The molecule has 94 valence electrons. The van der Waals surface area contributed by atoms with Crippen LogP contribution in [0.4, 0.5) is 0 Å². The van der Waals surface area contributed by atoms with Gasteiger partial charge in [0.25, 0.3) is 5.56 Å². The van der Waals surface area contributed by atoms with Crippen LogP contribution in [0.15, 0.2) is 35.3 Å². The highest BCUT2D eigenvalue weighted by atomic mass is 35.5. The second-order valence-electron chi connectivity index (χ2n) is 3.61. The van der Waals surface area contributed by atoms with Gasteiger partial charge in [-0.15, -0.1) is 0 Å². The van der Waals surface area contributed by atoms with E-state index in [4.69, 9.17) is 28.5 Å². The van der Waals surface area contributed by atoms with Gasteiger partial charge in [0.05, 0.1) is 22.9 Å². The first-order valence-electron chi connectivity index (χ1n) is 5.23. The van der Waals surface area contributed by atoms with Crippen molar-refractivity contribution in [3.63, 3.8) is 0 Å². The smallest absolute Gasteiger partial charge is 0.266 e. The van der Waals surface area contributed by atoms with Crippen molar-refractivity contribution in [2.45, 2.75) is 0 Å². The van der Waals surface area contributed by atoms with Gasteiger partial charge >= 0.3 is 0 Å². The Morgan fingerprint density at radius 2 is 1.95 bits per heavy atom. The first-order valence-corrected chi connectivity index (χ1v) is 5.98. The molecule has 0 fully saturated rings. The molecule has 4 nitrogen and oxygen atoms in total. The summed E-state index contributed by atoms with van der Waals surface area (Å²) >= 11 is 11.4. The minimum absolute atomic E-state index is 0.0684. The number of hydrogen-bond acceptors (Lipinski definition) is 3. The zero-order valence-electron chi connectivity index (χ0n) is 9.55. The van der Waals surface area contributed by atoms with E-state index in [9.17, 15) is 4.79 Å². The van der Waals surface area contributed by atoms with Crippen molar-refractivity contribution in [3.8, 4) is 6.07 Å². The van der Waals surface area contributed by atoms with Crippen molar-refractivity contribution in [1.82, 2.24) is 9.78 Å². The summed E-state index contributed by atoms with van der Waals surface area (Å²) in [5.41, 5.74) is 0.916. The summed E-state index contributed by atoms with van der Waals surface area (Å²) in [5.74, 6) is 0. The van der Waals surface area contributed by atoms with E-state index >= 15 is 0 Å². The second-order valence-corrected chi connectivity index (χ2v) is 4.39. The van der Waals surface area contributed by atoms with Crippen molar-refractivity contribution in [2.24, 2.45) is 0 Å². The van der Waals surface area contributed by atoms with Gasteiger partial charge in [-0.05, 0) is 23.8 Å². The van der Waals surface area contributed by atoms with Gasteiger partial charge in [-0.3, -0.25) is 4.79 Å². The van der Waals surface area contributed by atoms with E-state index in [-0.39, 0.29) is 10.0 Å². The van der Waals surface area contributed by atoms with E-state index < -0.39 is 5.56 Å². The van der Waals surface area contributed by atoms with Gasteiger partial charge in [0, 0.05) is 6.20 Å². The molecule has 0 amide bonds. The van der Waals surface area contributed by atoms with E-state index in [2.05, 4.69) is 5.10 Å². The van der Waals surface area contributed by atoms with Gasteiger partial charge in [-0.2, -0.15) is 10.4 Å². The van der Waals surface area contributed by atoms with Crippen LogP contribution in [0.2, 0.25) is 10.0 Å². The summed E-state index contributed by atoms with van der Waals surface area (Å²) in [6.07, 6.45) is 4.46. The molecule has 1 heterocycles. The number of aromatic nitrogens is 2. The lowest BCUT2D eigenvalue weighted by Gasteiger charge is -1.99. The number of hydrogen-bond donors (Lipinski definition) is 0. The van der Waals surface area contributed by atoms with Crippen molar-refractivity contribution in [2.75, 3.05) is 0 Å². The maximum absolute atomic E-state index is 11.7. The lowest BCUT2D eigenvalue weighted by Crippen LogP contribution is -2.18. The van der Waals surface area contributed by atoms with Crippen LogP contribution in [-0.4, -0.2) is 9.78 Å². The quantitative estimate of drug-likeness (QED) is 0.854. The van der Waals surface area contributed by atoms with Crippen LogP contribution in [0.3, 0.4) is 0 Å². The average Bonchev–Trinajstić information content (AvgIpc) is 2.45. The zero-order chi connectivity index (χ0) is 13.8. The molecular weight excluding hydrogens is 285 g/mol. The normalized spacial score (nSPS) is 10.6. The van der Waals surface area contributed by atoms with Crippen LogP contribution >= 0.6 is 23.2 Å². The average molecular weight is 292 g/mol. The molecule has 0 bridgehead atoms. The molecule has 6 heteroatoms. The maximum atomic E-state index is 11.7. The molecule has 0 N–H and O–H groups in total. The summed E-state index contributed by atoms with van der Waals surface area (Å²) in [4.78, 5) is 11.7. The van der Waals surface area contributed by atoms with E-state index in [1.165, 1.54) is 12.4 Å². The Morgan fingerprint density at radius 1 is 1.26 bits per heavy atom. The molecule has 0 unspecified atom stereocenters. The molecule has 19 heavy (non-hydrogen) atoms. The highest BCUT2D eigenvalue weighted by molar-refractivity contribution is 6.41. The van der Waals surface area contributed by atoms with Crippen molar-refractivity contribution >= 4 is 35.5 Å². The molecule has 1 aromatic heterocycles. The molecule has 0 atom stereocenters. The minimum Gasteiger partial charge on any atom is -0.266 e. The highest BCUT2D eigenvalue weighted by Crippen LogP contribution is 2.14. The largest absolute Gasteiger partial charge is 0.291 e. The van der Waals surface area contributed by atoms with Gasteiger partial charge in [0.15, 0.2) is 0 Å². The summed E-state index contributed by atoms with van der Waals surface area (Å²) < 4.78 is 1.09. The number of nitrogens with zero attached hydrogens (tertiary/aromatic N) is 3. The van der Waals surface area contributed by atoms with Crippen LogP contribution in [0.1, 0.15) is 11.1 Å². The number of benzene rings is 1. The van der Waals surface area contributed by atoms with E-state index in [1.54, 1.807) is 30.3 Å². The fourth-order valence-corrected chi connectivity index (χ4v) is 1.62. The predicted octanol–water partition coefficient (Wildman–Crippen LogP) is 3.05. The van der Waals surface area contributed by atoms with E-state index in [0.29, 0.717) is 5.56 Å². The third-order valence-electron chi connectivity index (χ3n) is 2.35. The van der Waals surface area contributed by atoms with Crippen LogP contribution < -0.4 is 5.56 Å². The summed E-state index contributed by atoms with van der Waals surface area (Å²) in [6, 6.07) is 8.92. The SMILES string of the molecule is N#Cc1ccc(/C=C/n2ncc(Cl)c(Cl)c2=O)cc1. The molecule has 1 aromatic carbocycles. The topological polar surface area (TPSA) is 58.7 Å². The fourth-order valence-electron chi connectivity index (χ4n) is 1.36. The van der Waals surface area contributed by atoms with Gasteiger partial charge in [-0.1, -0.05) is 35.3 Å². The Kier molecular flexibility index (Phi) is 4.00. The summed E-state index contributed by atoms with van der Waals surface area (Å²) in [6.45, 7) is 0. The summed E-state index contributed by atoms with van der Waals surface area (Å²) in [7, 11) is 0. The molecule has 0 radical (unpaired) electrons. The van der Waals surface area contributed by atoms with E-state index in [0.717, 1.165) is 10.2 Å². The number of halogens is 2. The van der Waals surface area contributed by atoms with Crippen molar-refractivity contribution < 1.29 is 0 Å². The Hall–Kier alpha value is -2.09. The molecule has 0 aliphatic rings. The van der Waals surface area contributed by atoms with Crippen molar-refractivity contribution in [1.29, 1.82) is 5.26 Å². The Bertz CT molecular complexity index is 727. The second kappa shape index (κ2) is 5.70. The first-order chi connectivity index (χ1) is 9.11. The maximum Gasteiger partial charge on any atom is 0.291 e. The van der Waals surface area contributed by atoms with E-state index in [1.807, 2.05) is 6.07 Å². The molecule has 0 aliphatic heterocycles. The lowest BCUT2D eigenvalue weighted by atomic mass is 10.1. The van der Waals surface area contributed by atoms with Crippen LogP contribution in [0, 0.1) is 11.3 Å². The molecule has 2 rings (SSSR count). The van der Waals surface area contributed by atoms with Crippen LogP contribution in [0.25, 0.3) is 12.3 Å². The van der Waals surface area contributed by atoms with Gasteiger partial charge < -0.3 is 0 Å². The van der Waals surface area contributed by atoms with Gasteiger partial charge in [0.2, 0.25) is 0 Å². The Balaban J connectivity index is 2.30. The van der Waals surface area contributed by atoms with Gasteiger partial charge in [0.1, 0.15) is 5.02 Å². The first kappa shape index (κ1) is 13.3. The third kappa shape index (κ3) is 3.02. The summed E-state index contributed by atoms with van der Waals surface area (Å²) in [5, 5.41) is 12.6. The van der Waals surface area contributed by atoms with Crippen LogP contribution in [-0.2, 0) is 0 Å². The van der Waals surface area contributed by atoms with Gasteiger partial charge in [-0.25, -0.2) is 4.68 Å². The monoisotopic (exact) mass is 291 g/mol. The lowest BCUT2D eigenvalue weighted by molar-refractivity contribution is 0.855. The molecule has 2 aromatic rings. The molecule has 0 saturated heterocycles. The Labute approximate surface area is 119 Å². The molecule has 0 spiro atoms. The van der Waals surface area contributed by atoms with Crippen LogP contribution in [0.5, 0.6) is 0 Å². The number of rotatable bonds is 2. The standard InChI is InChI=1S/C13H7Cl2N3O/c14-11-8-17-18(13(19)12(11)15)6-5-9-1-3-10(7-16)4-2-9/h1-6,8H/b6-5+.